The van der Waals surface area contributed by atoms with E-state index in [9.17, 15) is 0 Å². The van der Waals surface area contributed by atoms with Crippen LogP contribution in [0, 0.1) is 3.57 Å². The second-order valence-corrected chi connectivity index (χ2v) is 5.26. The molecule has 2 aromatic heterocycles. The molecule has 0 aliphatic carbocycles. The SMILES string of the molecule is CCNc1nc(-c2cncn2CC)nc(COC)c1I. The largest absolute Gasteiger partial charge is 0.378 e. The average molecular weight is 387 g/mol. The van der Waals surface area contributed by atoms with Gasteiger partial charge in [-0.05, 0) is 36.4 Å². The molecule has 0 saturated carbocycles. The molecule has 1 N–H and O–H groups in total. The van der Waals surface area contributed by atoms with E-state index in [0.717, 1.165) is 33.9 Å². The quantitative estimate of drug-likeness (QED) is 0.772. The zero-order valence-electron chi connectivity index (χ0n) is 11.9. The van der Waals surface area contributed by atoms with Gasteiger partial charge in [-0.3, -0.25) is 0 Å². The van der Waals surface area contributed by atoms with Gasteiger partial charge in [0.15, 0.2) is 5.82 Å². The van der Waals surface area contributed by atoms with Gasteiger partial charge in [0.25, 0.3) is 0 Å². The summed E-state index contributed by atoms with van der Waals surface area (Å²) in [5.41, 5.74) is 1.80. The molecule has 0 aliphatic rings. The fourth-order valence-corrected chi connectivity index (χ4v) is 2.47. The van der Waals surface area contributed by atoms with Gasteiger partial charge in [0.1, 0.15) is 11.5 Å². The number of aromatic nitrogens is 4. The van der Waals surface area contributed by atoms with Crippen LogP contribution in [0.3, 0.4) is 0 Å². The molecule has 0 radical (unpaired) electrons. The van der Waals surface area contributed by atoms with Crippen molar-refractivity contribution in [2.75, 3.05) is 19.0 Å². The molecule has 0 bridgehead atoms. The first-order valence-corrected chi connectivity index (χ1v) is 7.58. The highest BCUT2D eigenvalue weighted by molar-refractivity contribution is 14.1. The molecule has 0 aromatic carbocycles. The number of aryl methyl sites for hydroxylation is 1. The Kier molecular flexibility index (Phi) is 5.30. The Balaban J connectivity index is 2.52. The van der Waals surface area contributed by atoms with E-state index in [2.05, 4.69) is 49.8 Å². The van der Waals surface area contributed by atoms with Crippen LogP contribution in [0.5, 0.6) is 0 Å². The lowest BCUT2D eigenvalue weighted by molar-refractivity contribution is 0.181. The number of nitrogens with zero attached hydrogens (tertiary/aromatic N) is 4. The molecular weight excluding hydrogens is 369 g/mol. The molecule has 0 saturated heterocycles. The van der Waals surface area contributed by atoms with Crippen LogP contribution in [-0.2, 0) is 17.9 Å². The van der Waals surface area contributed by atoms with Gasteiger partial charge in [-0.25, -0.2) is 15.0 Å². The van der Waals surface area contributed by atoms with Crippen molar-refractivity contribution in [3.63, 3.8) is 0 Å². The number of imidazole rings is 1. The summed E-state index contributed by atoms with van der Waals surface area (Å²) in [6.45, 7) is 6.22. The van der Waals surface area contributed by atoms with Gasteiger partial charge in [-0.1, -0.05) is 0 Å². The molecule has 0 aliphatic heterocycles. The summed E-state index contributed by atoms with van der Waals surface area (Å²) in [7, 11) is 1.67. The fourth-order valence-electron chi connectivity index (χ4n) is 1.88. The molecule has 0 amide bonds. The van der Waals surface area contributed by atoms with Gasteiger partial charge in [0.2, 0.25) is 0 Å². The Morgan fingerprint density at radius 2 is 2.15 bits per heavy atom. The number of halogens is 1. The Morgan fingerprint density at radius 3 is 2.80 bits per heavy atom. The van der Waals surface area contributed by atoms with Gasteiger partial charge in [0, 0.05) is 20.2 Å². The van der Waals surface area contributed by atoms with Crippen molar-refractivity contribution in [3.05, 3.63) is 21.8 Å². The summed E-state index contributed by atoms with van der Waals surface area (Å²) < 4.78 is 8.25. The maximum atomic E-state index is 5.23. The Hall–Kier alpha value is -1.22. The summed E-state index contributed by atoms with van der Waals surface area (Å²) >= 11 is 2.25. The molecule has 2 heterocycles. The molecule has 0 unspecified atom stereocenters. The average Bonchev–Trinajstić information content (AvgIpc) is 2.92. The number of nitrogens with one attached hydrogen (secondary N) is 1. The smallest absolute Gasteiger partial charge is 0.180 e. The van der Waals surface area contributed by atoms with Crippen LogP contribution in [0.2, 0.25) is 0 Å². The lowest BCUT2D eigenvalue weighted by Gasteiger charge is -2.12. The first kappa shape index (κ1) is 15.2. The summed E-state index contributed by atoms with van der Waals surface area (Å²) in [5, 5.41) is 3.27. The topological polar surface area (TPSA) is 64.9 Å². The first-order valence-electron chi connectivity index (χ1n) is 6.50. The minimum Gasteiger partial charge on any atom is -0.378 e. The minimum absolute atomic E-state index is 0.465. The van der Waals surface area contributed by atoms with Gasteiger partial charge in [0.05, 0.1) is 28.4 Å². The summed E-state index contributed by atoms with van der Waals surface area (Å²) in [5.74, 6) is 1.52. The highest BCUT2D eigenvalue weighted by atomic mass is 127. The molecule has 108 valence electrons. The minimum atomic E-state index is 0.465. The Morgan fingerprint density at radius 1 is 1.35 bits per heavy atom. The number of anilines is 1. The van der Waals surface area contributed by atoms with Crippen LogP contribution in [0.15, 0.2) is 12.5 Å². The molecule has 0 spiro atoms. The molecule has 0 atom stereocenters. The first-order chi connectivity index (χ1) is 9.71. The van der Waals surface area contributed by atoms with Crippen molar-refractivity contribution in [2.45, 2.75) is 27.0 Å². The molecule has 2 rings (SSSR count). The van der Waals surface area contributed by atoms with E-state index < -0.39 is 0 Å². The standard InChI is InChI=1S/C13H18IN5O/c1-4-16-13-11(14)9(7-20-3)17-12(18-13)10-6-15-8-19(10)5-2/h6,8H,4-5,7H2,1-3H3,(H,16,17,18). The van der Waals surface area contributed by atoms with Crippen LogP contribution in [0.4, 0.5) is 5.82 Å². The third-order valence-corrected chi connectivity index (χ3v) is 3.96. The number of ether oxygens (including phenoxy) is 1. The number of rotatable bonds is 6. The lowest BCUT2D eigenvalue weighted by atomic mass is 10.3. The molecular formula is C13H18IN5O. The van der Waals surface area contributed by atoms with Crippen molar-refractivity contribution in [3.8, 4) is 11.5 Å². The van der Waals surface area contributed by atoms with Gasteiger partial charge < -0.3 is 14.6 Å². The number of hydrogen-bond donors (Lipinski definition) is 1. The second-order valence-electron chi connectivity index (χ2n) is 4.18. The zero-order valence-corrected chi connectivity index (χ0v) is 14.0. The van der Waals surface area contributed by atoms with Gasteiger partial charge in [-0.15, -0.1) is 0 Å². The third kappa shape index (κ3) is 3.09. The Labute approximate surface area is 132 Å². The predicted molar refractivity (Wildman–Crippen MR) is 86.5 cm³/mol. The van der Waals surface area contributed by atoms with E-state index in [1.54, 1.807) is 19.6 Å². The van der Waals surface area contributed by atoms with E-state index >= 15 is 0 Å². The van der Waals surface area contributed by atoms with Crippen LogP contribution in [0.25, 0.3) is 11.5 Å². The van der Waals surface area contributed by atoms with Crippen molar-refractivity contribution in [1.29, 1.82) is 0 Å². The van der Waals surface area contributed by atoms with Crippen molar-refractivity contribution in [1.82, 2.24) is 19.5 Å². The second kappa shape index (κ2) is 6.98. The number of hydrogen-bond acceptors (Lipinski definition) is 5. The van der Waals surface area contributed by atoms with Crippen molar-refractivity contribution >= 4 is 28.4 Å². The maximum Gasteiger partial charge on any atom is 0.180 e. The van der Waals surface area contributed by atoms with E-state index in [0.29, 0.717) is 12.4 Å². The molecule has 7 heteroatoms. The van der Waals surface area contributed by atoms with Crippen LogP contribution < -0.4 is 5.32 Å². The summed E-state index contributed by atoms with van der Waals surface area (Å²) in [6, 6.07) is 0. The van der Waals surface area contributed by atoms with Crippen molar-refractivity contribution < 1.29 is 4.74 Å². The third-order valence-electron chi connectivity index (χ3n) is 2.83. The highest BCUT2D eigenvalue weighted by Gasteiger charge is 2.15. The highest BCUT2D eigenvalue weighted by Crippen LogP contribution is 2.24. The normalized spacial score (nSPS) is 10.8. The molecule has 0 fully saturated rings. The van der Waals surface area contributed by atoms with Crippen LogP contribution in [-0.4, -0.2) is 33.2 Å². The zero-order chi connectivity index (χ0) is 14.5. The van der Waals surface area contributed by atoms with Crippen molar-refractivity contribution in [2.24, 2.45) is 0 Å². The van der Waals surface area contributed by atoms with E-state index in [4.69, 9.17) is 4.74 Å². The predicted octanol–water partition coefficient (Wildman–Crippen LogP) is 2.54. The van der Waals surface area contributed by atoms with E-state index in [1.165, 1.54) is 0 Å². The van der Waals surface area contributed by atoms with E-state index in [1.807, 2.05) is 11.5 Å². The molecule has 20 heavy (non-hydrogen) atoms. The van der Waals surface area contributed by atoms with Crippen LogP contribution >= 0.6 is 22.6 Å². The summed E-state index contributed by atoms with van der Waals surface area (Å²) in [4.78, 5) is 13.4. The monoisotopic (exact) mass is 387 g/mol. The molecule has 6 nitrogen and oxygen atoms in total. The fraction of sp³-hybridized carbons (Fsp3) is 0.462. The maximum absolute atomic E-state index is 5.23. The Bertz CT molecular complexity index is 557. The lowest BCUT2D eigenvalue weighted by Crippen LogP contribution is -2.10. The van der Waals surface area contributed by atoms with Gasteiger partial charge in [-0.2, -0.15) is 0 Å². The summed E-state index contributed by atoms with van der Waals surface area (Å²) in [6.07, 6.45) is 3.58. The molecule has 2 aromatic rings. The van der Waals surface area contributed by atoms with Gasteiger partial charge >= 0.3 is 0 Å². The van der Waals surface area contributed by atoms with E-state index in [-0.39, 0.29) is 0 Å². The van der Waals surface area contributed by atoms with Crippen LogP contribution in [0.1, 0.15) is 19.5 Å². The number of methoxy groups -OCH3 is 1.